The first-order valence-electron chi connectivity index (χ1n) is 8.78. The van der Waals surface area contributed by atoms with E-state index >= 15 is 0 Å². The van der Waals surface area contributed by atoms with Crippen molar-refractivity contribution in [2.24, 2.45) is 5.92 Å². The molecule has 2 rings (SSSR count). The number of carbonyl (C=O) groups excluding carboxylic acids is 3. The molecule has 0 saturated carbocycles. The van der Waals surface area contributed by atoms with Crippen LogP contribution in [0.2, 0.25) is 0 Å². The van der Waals surface area contributed by atoms with E-state index in [1.807, 2.05) is 0 Å². The zero-order valence-corrected chi connectivity index (χ0v) is 14.7. The van der Waals surface area contributed by atoms with Crippen LogP contribution in [0.25, 0.3) is 0 Å². The third-order valence-electron chi connectivity index (χ3n) is 4.45. The molecule has 1 aromatic carbocycles. The third kappa shape index (κ3) is 6.21. The van der Waals surface area contributed by atoms with E-state index in [-0.39, 0.29) is 36.3 Å². The van der Waals surface area contributed by atoms with Crippen LogP contribution in [0, 0.1) is 5.92 Å². The number of rotatable bonds is 7. The second kappa shape index (κ2) is 9.20. The molecule has 0 bridgehead atoms. The molecule has 6 nitrogen and oxygen atoms in total. The summed E-state index contributed by atoms with van der Waals surface area (Å²) in [5.41, 5.74) is 0.863. The van der Waals surface area contributed by atoms with E-state index in [0.717, 1.165) is 37.9 Å². The number of carbonyl (C=O) groups is 3. The van der Waals surface area contributed by atoms with E-state index in [1.165, 1.54) is 6.92 Å². The van der Waals surface area contributed by atoms with Crippen LogP contribution < -0.4 is 5.32 Å². The van der Waals surface area contributed by atoms with Crippen LogP contribution >= 0.6 is 0 Å². The molecule has 2 amide bonds. The second-order valence-electron chi connectivity index (χ2n) is 6.63. The van der Waals surface area contributed by atoms with Gasteiger partial charge >= 0.3 is 0 Å². The number of ketones is 1. The van der Waals surface area contributed by atoms with Crippen LogP contribution in [0.3, 0.4) is 0 Å². The molecule has 25 heavy (non-hydrogen) atoms. The van der Waals surface area contributed by atoms with Gasteiger partial charge < -0.3 is 20.1 Å². The van der Waals surface area contributed by atoms with Crippen molar-refractivity contribution in [2.45, 2.75) is 39.0 Å². The molecule has 6 heteroatoms. The topological polar surface area (TPSA) is 86.7 Å². The molecule has 136 valence electrons. The molecule has 0 aliphatic carbocycles. The standard InChI is InChI=1S/C19H26N2O4/c1-14(22)11-16(12-15-5-7-17(23)8-6-15)19(25)20-13-18(24)21-9-3-2-4-10-21/h5-8,16,23H,2-4,9-13H2,1H3,(H,20,25)/t16-/m0/s1. The summed E-state index contributed by atoms with van der Waals surface area (Å²) in [7, 11) is 0. The second-order valence-corrected chi connectivity index (χ2v) is 6.63. The summed E-state index contributed by atoms with van der Waals surface area (Å²) in [6.07, 6.45) is 3.68. The zero-order chi connectivity index (χ0) is 18.2. The maximum Gasteiger partial charge on any atom is 0.241 e. The molecule has 0 spiro atoms. The monoisotopic (exact) mass is 346 g/mol. The summed E-state index contributed by atoms with van der Waals surface area (Å²) in [6, 6.07) is 6.57. The van der Waals surface area contributed by atoms with Gasteiger partial charge in [0.1, 0.15) is 11.5 Å². The van der Waals surface area contributed by atoms with Crippen LogP contribution in [0.1, 0.15) is 38.2 Å². The molecule has 1 atom stereocenters. The highest BCUT2D eigenvalue weighted by Crippen LogP contribution is 2.16. The lowest BCUT2D eigenvalue weighted by Crippen LogP contribution is -2.44. The van der Waals surface area contributed by atoms with Crippen molar-refractivity contribution in [3.05, 3.63) is 29.8 Å². The Bertz CT molecular complexity index is 606. The fraction of sp³-hybridized carbons (Fsp3) is 0.526. The van der Waals surface area contributed by atoms with Gasteiger partial charge in [-0.1, -0.05) is 12.1 Å². The molecule has 1 aliphatic heterocycles. The van der Waals surface area contributed by atoms with Gasteiger partial charge in [0.25, 0.3) is 0 Å². The van der Waals surface area contributed by atoms with Gasteiger partial charge in [-0.15, -0.1) is 0 Å². The van der Waals surface area contributed by atoms with E-state index < -0.39 is 5.92 Å². The Morgan fingerprint density at radius 3 is 2.36 bits per heavy atom. The number of aromatic hydroxyl groups is 1. The summed E-state index contributed by atoms with van der Waals surface area (Å²) in [6.45, 7) is 2.93. The first-order valence-corrected chi connectivity index (χ1v) is 8.78. The van der Waals surface area contributed by atoms with E-state index in [2.05, 4.69) is 5.32 Å². The minimum atomic E-state index is -0.517. The Kier molecular flexibility index (Phi) is 6.98. The quantitative estimate of drug-likeness (QED) is 0.786. The Hall–Kier alpha value is -2.37. The lowest BCUT2D eigenvalue weighted by atomic mass is 9.93. The van der Waals surface area contributed by atoms with Crippen LogP contribution in [0.15, 0.2) is 24.3 Å². The Labute approximate surface area is 148 Å². The molecular formula is C19H26N2O4. The predicted octanol–water partition coefficient (Wildman–Crippen LogP) is 1.66. The summed E-state index contributed by atoms with van der Waals surface area (Å²) in [4.78, 5) is 37.9. The highest BCUT2D eigenvalue weighted by atomic mass is 16.3. The highest BCUT2D eigenvalue weighted by molar-refractivity contribution is 5.89. The van der Waals surface area contributed by atoms with Gasteiger partial charge in [0.2, 0.25) is 11.8 Å². The molecule has 0 aromatic heterocycles. The first-order chi connectivity index (χ1) is 12.0. The molecule has 2 N–H and O–H groups in total. The van der Waals surface area contributed by atoms with Crippen molar-refractivity contribution in [1.29, 1.82) is 0 Å². The van der Waals surface area contributed by atoms with Crippen LogP contribution in [0.4, 0.5) is 0 Å². The van der Waals surface area contributed by atoms with Gasteiger partial charge in [-0.25, -0.2) is 0 Å². The minimum Gasteiger partial charge on any atom is -0.508 e. The van der Waals surface area contributed by atoms with Gasteiger partial charge in [-0.2, -0.15) is 0 Å². The number of nitrogens with one attached hydrogen (secondary N) is 1. The number of likely N-dealkylation sites (tertiary alicyclic amines) is 1. The maximum atomic E-state index is 12.5. The van der Waals surface area contributed by atoms with Gasteiger partial charge in [-0.3, -0.25) is 9.59 Å². The summed E-state index contributed by atoms with van der Waals surface area (Å²) < 4.78 is 0. The van der Waals surface area contributed by atoms with Crippen molar-refractivity contribution < 1.29 is 19.5 Å². The number of phenolic OH excluding ortho intramolecular Hbond substituents is 1. The number of nitrogens with zero attached hydrogens (tertiary/aromatic N) is 1. The summed E-state index contributed by atoms with van der Waals surface area (Å²) in [5.74, 6) is -0.783. The van der Waals surface area contributed by atoms with E-state index in [1.54, 1.807) is 29.2 Å². The minimum absolute atomic E-state index is 0.0250. The van der Waals surface area contributed by atoms with Crippen molar-refractivity contribution in [3.8, 4) is 5.75 Å². The Morgan fingerprint density at radius 1 is 1.12 bits per heavy atom. The van der Waals surface area contributed by atoms with Gasteiger partial charge in [0, 0.05) is 25.4 Å². The maximum absolute atomic E-state index is 12.5. The molecule has 0 radical (unpaired) electrons. The van der Waals surface area contributed by atoms with Gasteiger partial charge in [0.05, 0.1) is 6.54 Å². The summed E-state index contributed by atoms with van der Waals surface area (Å²) in [5, 5.41) is 12.0. The van der Waals surface area contributed by atoms with E-state index in [0.29, 0.717) is 6.42 Å². The van der Waals surface area contributed by atoms with Crippen LogP contribution in [-0.2, 0) is 20.8 Å². The molecule has 1 fully saturated rings. The molecule has 1 saturated heterocycles. The fourth-order valence-corrected chi connectivity index (χ4v) is 3.08. The van der Waals surface area contributed by atoms with E-state index in [9.17, 15) is 19.5 Å². The fourth-order valence-electron chi connectivity index (χ4n) is 3.08. The number of hydrogen-bond donors (Lipinski definition) is 2. The number of phenols is 1. The Morgan fingerprint density at radius 2 is 1.76 bits per heavy atom. The molecule has 1 aliphatic rings. The van der Waals surface area contributed by atoms with E-state index in [4.69, 9.17) is 0 Å². The van der Waals surface area contributed by atoms with Crippen molar-refractivity contribution in [2.75, 3.05) is 19.6 Å². The average molecular weight is 346 g/mol. The Balaban J connectivity index is 1.91. The number of benzene rings is 1. The molecule has 1 heterocycles. The smallest absolute Gasteiger partial charge is 0.241 e. The number of hydrogen-bond acceptors (Lipinski definition) is 4. The van der Waals surface area contributed by atoms with Crippen molar-refractivity contribution in [3.63, 3.8) is 0 Å². The number of amides is 2. The number of piperidine rings is 1. The normalized spacial score (nSPS) is 15.5. The lowest BCUT2D eigenvalue weighted by molar-refractivity contribution is -0.135. The molecular weight excluding hydrogens is 320 g/mol. The SMILES string of the molecule is CC(=O)C[C@@H](Cc1ccc(O)cc1)C(=O)NCC(=O)N1CCCCC1. The lowest BCUT2D eigenvalue weighted by Gasteiger charge is -2.27. The molecule has 1 aromatic rings. The largest absolute Gasteiger partial charge is 0.508 e. The van der Waals surface area contributed by atoms with Crippen molar-refractivity contribution >= 4 is 17.6 Å². The van der Waals surface area contributed by atoms with Crippen LogP contribution in [-0.4, -0.2) is 47.2 Å². The average Bonchev–Trinajstić information content (AvgIpc) is 2.61. The van der Waals surface area contributed by atoms with Crippen molar-refractivity contribution in [1.82, 2.24) is 10.2 Å². The van der Waals surface area contributed by atoms with Gasteiger partial charge in [-0.05, 0) is 50.3 Å². The van der Waals surface area contributed by atoms with Gasteiger partial charge in [0.15, 0.2) is 0 Å². The first kappa shape index (κ1) is 19.0. The predicted molar refractivity (Wildman–Crippen MR) is 94.0 cm³/mol. The highest BCUT2D eigenvalue weighted by Gasteiger charge is 2.23. The van der Waals surface area contributed by atoms with Crippen LogP contribution in [0.5, 0.6) is 5.75 Å². The third-order valence-corrected chi connectivity index (χ3v) is 4.45. The number of Topliss-reactive ketones (excluding diaryl/α,β-unsaturated/α-hetero) is 1. The summed E-state index contributed by atoms with van der Waals surface area (Å²) >= 11 is 0. The zero-order valence-electron chi connectivity index (χ0n) is 14.7. The molecule has 0 unspecified atom stereocenters.